The molecule has 6 rings (SSSR count). The van der Waals surface area contributed by atoms with Crippen molar-refractivity contribution in [3.8, 4) is 33.5 Å². The van der Waals surface area contributed by atoms with Gasteiger partial charge < -0.3 is 9.47 Å². The van der Waals surface area contributed by atoms with E-state index in [2.05, 4.69) is 32.1 Å². The fourth-order valence-corrected chi connectivity index (χ4v) is 7.13. The lowest BCUT2D eigenvalue weighted by atomic mass is 9.95. The number of fused-ring (bicyclic) bond motifs is 2. The highest BCUT2D eigenvalue weighted by Crippen LogP contribution is 2.39. The van der Waals surface area contributed by atoms with E-state index in [4.69, 9.17) is 14.5 Å². The van der Waals surface area contributed by atoms with E-state index in [1.807, 2.05) is 35.6 Å². The zero-order valence-electron chi connectivity index (χ0n) is 18.0. The molecule has 0 radical (unpaired) electrons. The van der Waals surface area contributed by atoms with Crippen molar-refractivity contribution in [1.82, 2.24) is 19.7 Å². The molecule has 2 aliphatic rings. The van der Waals surface area contributed by atoms with Crippen LogP contribution in [-0.2, 0) is 25.1 Å². The normalized spacial score (nSPS) is 14.4. The summed E-state index contributed by atoms with van der Waals surface area (Å²) >= 11 is 5.17. The number of ether oxygens (including phenoxy) is 2. The third-order valence-electron chi connectivity index (χ3n) is 5.85. The molecule has 1 aliphatic heterocycles. The van der Waals surface area contributed by atoms with E-state index >= 15 is 0 Å². The lowest BCUT2D eigenvalue weighted by molar-refractivity contribution is 0.174. The van der Waals surface area contributed by atoms with Gasteiger partial charge in [0.25, 0.3) is 0 Å². The van der Waals surface area contributed by atoms with Crippen molar-refractivity contribution in [2.24, 2.45) is 0 Å². The summed E-state index contributed by atoms with van der Waals surface area (Å²) in [5.41, 5.74) is 4.78. The minimum Gasteiger partial charge on any atom is -0.454 e. The Morgan fingerprint density at radius 3 is 2.94 bits per heavy atom. The average molecular weight is 495 g/mol. The predicted octanol–water partition coefficient (Wildman–Crippen LogP) is 6.22. The molecule has 0 spiro atoms. The molecule has 0 atom stereocenters. The number of thiazole rings is 1. The molecule has 0 saturated heterocycles. The molecule has 0 bridgehead atoms. The number of aromatic nitrogens is 4. The van der Waals surface area contributed by atoms with Crippen LogP contribution < -0.4 is 9.47 Å². The Labute approximate surface area is 204 Å². The van der Waals surface area contributed by atoms with Gasteiger partial charge in [0, 0.05) is 39.1 Å². The first-order chi connectivity index (χ1) is 16.3. The molecule has 4 heterocycles. The summed E-state index contributed by atoms with van der Waals surface area (Å²) < 4.78 is 13.1. The SMILES string of the molecule is C=CCn1c(SCc2csc(-c3ccc4c(c3)OCO4)n2)nnc1-c1csc2c1CCCC2. The second kappa shape index (κ2) is 8.96. The van der Waals surface area contributed by atoms with Gasteiger partial charge in [0.05, 0.1) is 5.69 Å². The maximum Gasteiger partial charge on any atom is 0.231 e. The summed E-state index contributed by atoms with van der Waals surface area (Å²) in [4.78, 5) is 6.35. The highest BCUT2D eigenvalue weighted by molar-refractivity contribution is 7.98. The van der Waals surface area contributed by atoms with Gasteiger partial charge in [-0.05, 0) is 49.4 Å². The highest BCUT2D eigenvalue weighted by atomic mass is 32.2. The molecule has 1 aliphatic carbocycles. The first-order valence-electron chi connectivity index (χ1n) is 10.9. The summed E-state index contributed by atoms with van der Waals surface area (Å²) in [5, 5.41) is 15.4. The second-order valence-electron chi connectivity index (χ2n) is 7.96. The third kappa shape index (κ3) is 3.98. The van der Waals surface area contributed by atoms with E-state index in [-0.39, 0.29) is 6.79 Å². The van der Waals surface area contributed by atoms with Gasteiger partial charge in [-0.15, -0.1) is 39.4 Å². The minimum absolute atomic E-state index is 0.278. The van der Waals surface area contributed by atoms with Crippen LogP contribution in [0.4, 0.5) is 0 Å². The Morgan fingerprint density at radius 2 is 2.00 bits per heavy atom. The monoisotopic (exact) mass is 494 g/mol. The fraction of sp³-hybridized carbons (Fsp3) is 0.292. The van der Waals surface area contributed by atoms with Crippen molar-refractivity contribution in [2.45, 2.75) is 43.1 Å². The molecule has 0 amide bonds. The van der Waals surface area contributed by atoms with Crippen molar-refractivity contribution in [3.05, 3.63) is 57.7 Å². The van der Waals surface area contributed by atoms with Gasteiger partial charge in [-0.3, -0.25) is 4.57 Å². The smallest absolute Gasteiger partial charge is 0.231 e. The van der Waals surface area contributed by atoms with Crippen LogP contribution in [0.3, 0.4) is 0 Å². The fourth-order valence-electron chi connectivity index (χ4n) is 4.24. The maximum absolute atomic E-state index is 5.50. The van der Waals surface area contributed by atoms with Gasteiger partial charge >= 0.3 is 0 Å². The van der Waals surface area contributed by atoms with Crippen LogP contribution in [0.5, 0.6) is 11.5 Å². The highest BCUT2D eigenvalue weighted by Gasteiger charge is 2.22. The summed E-state index contributed by atoms with van der Waals surface area (Å²) in [5.74, 6) is 3.25. The van der Waals surface area contributed by atoms with E-state index in [0.29, 0.717) is 6.54 Å². The summed E-state index contributed by atoms with van der Waals surface area (Å²) in [6.45, 7) is 4.92. The van der Waals surface area contributed by atoms with Crippen LogP contribution >= 0.6 is 34.4 Å². The number of hydrogen-bond donors (Lipinski definition) is 0. The summed E-state index contributed by atoms with van der Waals surface area (Å²) in [6.07, 6.45) is 6.78. The Kier molecular flexibility index (Phi) is 5.69. The van der Waals surface area contributed by atoms with E-state index in [9.17, 15) is 0 Å². The molecule has 3 aromatic heterocycles. The van der Waals surface area contributed by atoms with E-state index < -0.39 is 0 Å². The Balaban J connectivity index is 1.22. The van der Waals surface area contributed by atoms with E-state index in [0.717, 1.165) is 50.9 Å². The van der Waals surface area contributed by atoms with Gasteiger partial charge in [0.15, 0.2) is 22.5 Å². The zero-order chi connectivity index (χ0) is 22.2. The van der Waals surface area contributed by atoms with Crippen molar-refractivity contribution >= 4 is 34.4 Å². The number of hydrogen-bond acceptors (Lipinski definition) is 8. The second-order valence-corrected chi connectivity index (χ2v) is 10.7. The first-order valence-corrected chi connectivity index (χ1v) is 13.7. The molecule has 0 N–H and O–H groups in total. The number of thioether (sulfide) groups is 1. The summed E-state index contributed by atoms with van der Waals surface area (Å²) in [7, 11) is 0. The first kappa shape index (κ1) is 20.9. The lowest BCUT2D eigenvalue weighted by Crippen LogP contribution is -2.04. The van der Waals surface area contributed by atoms with Gasteiger partial charge in [0.1, 0.15) is 5.01 Å². The van der Waals surface area contributed by atoms with Gasteiger partial charge in [-0.1, -0.05) is 17.8 Å². The molecular weight excluding hydrogens is 472 g/mol. The molecular formula is C24H22N4O2S3. The van der Waals surface area contributed by atoms with Gasteiger partial charge in [-0.2, -0.15) is 0 Å². The lowest BCUT2D eigenvalue weighted by Gasteiger charge is -2.13. The van der Waals surface area contributed by atoms with Crippen molar-refractivity contribution in [3.63, 3.8) is 0 Å². The molecule has 1 aromatic carbocycles. The molecule has 168 valence electrons. The molecule has 0 saturated carbocycles. The van der Waals surface area contributed by atoms with E-state index in [1.54, 1.807) is 23.1 Å². The quantitative estimate of drug-likeness (QED) is 0.225. The molecule has 4 aromatic rings. The zero-order valence-corrected chi connectivity index (χ0v) is 20.4. The van der Waals surface area contributed by atoms with Crippen LogP contribution in [0.2, 0.25) is 0 Å². The molecule has 6 nitrogen and oxygen atoms in total. The minimum atomic E-state index is 0.278. The largest absolute Gasteiger partial charge is 0.454 e. The maximum atomic E-state index is 5.50. The average Bonchev–Trinajstić information content (AvgIpc) is 3.63. The number of allylic oxidation sites excluding steroid dienone is 1. The Bertz CT molecular complexity index is 1320. The van der Waals surface area contributed by atoms with Crippen molar-refractivity contribution in [1.29, 1.82) is 0 Å². The van der Waals surface area contributed by atoms with Crippen LogP contribution in [0.25, 0.3) is 22.0 Å². The standard InChI is InChI=1S/C24H22N4O2S3/c1-2-9-28-22(18-13-31-21-6-4-3-5-17(18)21)26-27-24(28)33-12-16-11-32-23(25-16)15-7-8-19-20(10-15)30-14-29-19/h2,7-8,10-11,13H,1,3-6,9,12,14H2. The third-order valence-corrected chi connectivity index (χ3v) is 8.88. The van der Waals surface area contributed by atoms with Crippen LogP contribution in [0.1, 0.15) is 29.0 Å². The number of rotatable bonds is 7. The number of benzene rings is 1. The summed E-state index contributed by atoms with van der Waals surface area (Å²) in [6, 6.07) is 5.96. The Morgan fingerprint density at radius 1 is 1.09 bits per heavy atom. The van der Waals surface area contributed by atoms with Crippen LogP contribution in [0, 0.1) is 0 Å². The number of nitrogens with zero attached hydrogens (tertiary/aromatic N) is 4. The Hall–Kier alpha value is -2.62. The molecule has 0 fully saturated rings. The van der Waals surface area contributed by atoms with Crippen molar-refractivity contribution in [2.75, 3.05) is 6.79 Å². The molecule has 33 heavy (non-hydrogen) atoms. The molecule has 9 heteroatoms. The van der Waals surface area contributed by atoms with Crippen LogP contribution in [-0.4, -0.2) is 26.5 Å². The predicted molar refractivity (Wildman–Crippen MR) is 133 cm³/mol. The van der Waals surface area contributed by atoms with Crippen LogP contribution in [0.15, 0.2) is 46.8 Å². The topological polar surface area (TPSA) is 62.1 Å². The molecule has 0 unspecified atom stereocenters. The van der Waals surface area contributed by atoms with Crippen molar-refractivity contribution < 1.29 is 9.47 Å². The number of aryl methyl sites for hydroxylation is 1. The van der Waals surface area contributed by atoms with E-state index in [1.165, 1.54) is 35.3 Å². The van der Waals surface area contributed by atoms with Gasteiger partial charge in [-0.25, -0.2) is 4.98 Å². The number of thiophene rings is 1. The van der Waals surface area contributed by atoms with Gasteiger partial charge in [0.2, 0.25) is 6.79 Å².